The van der Waals surface area contributed by atoms with Crippen molar-refractivity contribution in [1.82, 2.24) is 21.3 Å². The van der Waals surface area contributed by atoms with E-state index in [2.05, 4.69) is 44.3 Å². The topological polar surface area (TPSA) is 555 Å². The molecule has 0 aliphatic rings. The SMILES string of the molecule is CC(NC(=O)CCCCCO[N+](=O)[O-])C(=O)O.O=C(O)CNC(=O)CCCCC(CO[N+](=O)[O-])O[N+](=O)[O-].O=C(O)CNC(=O)OCCCCO[N+](=O)[O-].O=C(O)CNC(=O)OCCOCCO[N+](=O)[O-]. The highest BCUT2D eigenvalue weighted by Crippen LogP contribution is 2.08. The number of unbranched alkanes of at least 4 members (excludes halogenated alkanes) is 4. The van der Waals surface area contributed by atoms with Gasteiger partial charge in [0, 0.05) is 12.8 Å². The number of carbonyl (C=O) groups excluding carboxylic acids is 4. The summed E-state index contributed by atoms with van der Waals surface area (Å²) < 4.78 is 13.9. The summed E-state index contributed by atoms with van der Waals surface area (Å²) in [7, 11) is 0. The molecule has 0 aromatic heterocycles. The van der Waals surface area contributed by atoms with E-state index in [4.69, 9.17) is 25.2 Å². The number of carbonyl (C=O) groups is 8. The van der Waals surface area contributed by atoms with Gasteiger partial charge in [-0.15, -0.1) is 50.6 Å². The van der Waals surface area contributed by atoms with E-state index in [1.807, 2.05) is 10.6 Å². The molecule has 0 bridgehead atoms. The summed E-state index contributed by atoms with van der Waals surface area (Å²) in [5, 5.41) is 86.2. The number of alkyl carbamates (subject to hydrolysis) is 2. The lowest BCUT2D eigenvalue weighted by Crippen LogP contribution is -2.38. The number of ether oxygens (including phenoxy) is 3. The molecule has 0 heterocycles. The molecule has 2 atom stereocenters. The summed E-state index contributed by atoms with van der Waals surface area (Å²) in [4.78, 5) is 154. The summed E-state index contributed by atoms with van der Waals surface area (Å²) in [6.07, 6.45) is 0.557. The zero-order chi connectivity index (χ0) is 55.0. The van der Waals surface area contributed by atoms with E-state index in [0.29, 0.717) is 44.9 Å². The summed E-state index contributed by atoms with van der Waals surface area (Å²) in [6, 6.07) is -0.902. The van der Waals surface area contributed by atoms with Crippen LogP contribution in [0.3, 0.4) is 0 Å². The molecule has 39 nitrogen and oxygen atoms in total. The number of hydrogen-bond acceptors (Lipinski definition) is 26. The molecule has 0 aromatic rings. The fourth-order valence-corrected chi connectivity index (χ4v) is 3.80. The molecular weight excluding hydrogens is 990 g/mol. The van der Waals surface area contributed by atoms with Crippen LogP contribution in [-0.4, -0.2) is 178 Å². The summed E-state index contributed by atoms with van der Waals surface area (Å²) >= 11 is 0. The Hall–Kier alpha value is -8.68. The second-order valence-corrected chi connectivity index (χ2v) is 12.6. The summed E-state index contributed by atoms with van der Waals surface area (Å²) in [5.74, 6) is -5.41. The molecule has 8 N–H and O–H groups in total. The number of nitrogens with zero attached hydrogens (tertiary/aromatic N) is 5. The van der Waals surface area contributed by atoms with Crippen molar-refractivity contribution < 1.29 is 123 Å². The van der Waals surface area contributed by atoms with E-state index >= 15 is 0 Å². The Morgan fingerprint density at radius 3 is 1.38 bits per heavy atom. The number of nitrogens with one attached hydrogen (secondary N) is 4. The van der Waals surface area contributed by atoms with Crippen molar-refractivity contribution in [1.29, 1.82) is 0 Å². The van der Waals surface area contributed by atoms with Gasteiger partial charge in [-0.3, -0.25) is 28.8 Å². The second-order valence-electron chi connectivity index (χ2n) is 12.6. The number of rotatable bonds is 38. The molecule has 39 heteroatoms. The van der Waals surface area contributed by atoms with Crippen molar-refractivity contribution in [3.05, 3.63) is 50.6 Å². The van der Waals surface area contributed by atoms with E-state index in [1.165, 1.54) is 6.92 Å². The van der Waals surface area contributed by atoms with Crippen LogP contribution in [-0.2, 0) is 67.2 Å². The maximum Gasteiger partial charge on any atom is 0.407 e. The van der Waals surface area contributed by atoms with Crippen LogP contribution in [0, 0.1) is 50.6 Å². The van der Waals surface area contributed by atoms with Crippen LogP contribution >= 0.6 is 0 Å². The normalized spacial score (nSPS) is 10.4. The Labute approximate surface area is 398 Å². The van der Waals surface area contributed by atoms with Crippen LogP contribution in [0.1, 0.15) is 71.1 Å². The Kier molecular flexibility index (Phi) is 45.1. The molecule has 2 unspecified atom stereocenters. The molecule has 408 valence electrons. The summed E-state index contributed by atoms with van der Waals surface area (Å²) in [5.41, 5.74) is 0. The van der Waals surface area contributed by atoms with Crippen molar-refractivity contribution in [3.63, 3.8) is 0 Å². The largest absolute Gasteiger partial charge is 0.480 e. The lowest BCUT2D eigenvalue weighted by atomic mass is 10.1. The first-order valence-corrected chi connectivity index (χ1v) is 20.0. The predicted molar refractivity (Wildman–Crippen MR) is 221 cm³/mol. The quantitative estimate of drug-likeness (QED) is 0.0202. The van der Waals surface area contributed by atoms with Gasteiger partial charge in [-0.1, -0.05) is 12.8 Å². The average molecular weight is 1050 g/mol. The van der Waals surface area contributed by atoms with Crippen molar-refractivity contribution in [2.45, 2.75) is 83.3 Å². The molecular formula is C32H55N9O30. The van der Waals surface area contributed by atoms with Gasteiger partial charge in [-0.05, 0) is 45.4 Å². The second kappa shape index (κ2) is 46.4. The molecule has 0 rings (SSSR count). The van der Waals surface area contributed by atoms with Crippen molar-refractivity contribution in [2.24, 2.45) is 0 Å². The molecule has 0 aliphatic heterocycles. The third kappa shape index (κ3) is 63.4. The van der Waals surface area contributed by atoms with Crippen LogP contribution in [0.4, 0.5) is 9.59 Å². The Morgan fingerprint density at radius 1 is 0.479 bits per heavy atom. The number of amides is 4. The maximum atomic E-state index is 11.2. The van der Waals surface area contributed by atoms with E-state index < -0.39 is 106 Å². The van der Waals surface area contributed by atoms with E-state index in [1.54, 1.807) is 0 Å². The molecule has 0 radical (unpaired) electrons. The lowest BCUT2D eigenvalue weighted by Gasteiger charge is -2.13. The van der Waals surface area contributed by atoms with Crippen molar-refractivity contribution in [3.8, 4) is 0 Å². The summed E-state index contributed by atoms with van der Waals surface area (Å²) in [6.45, 7) is -1.02. The molecule has 0 saturated carbocycles. The zero-order valence-electron chi connectivity index (χ0n) is 37.6. The highest BCUT2D eigenvalue weighted by molar-refractivity contribution is 5.83. The Balaban J connectivity index is -0.000000424. The highest BCUT2D eigenvalue weighted by atomic mass is 17.0. The molecule has 0 aliphatic carbocycles. The molecule has 0 fully saturated rings. The first-order valence-electron chi connectivity index (χ1n) is 20.0. The Bertz CT molecular complexity index is 1660. The monoisotopic (exact) mass is 1050 g/mol. The number of carboxylic acids is 4. The highest BCUT2D eigenvalue weighted by Gasteiger charge is 2.16. The van der Waals surface area contributed by atoms with Gasteiger partial charge in [0.1, 0.15) is 51.6 Å². The van der Waals surface area contributed by atoms with Gasteiger partial charge in [0.05, 0.1) is 33.0 Å². The van der Waals surface area contributed by atoms with Gasteiger partial charge in [0.25, 0.3) is 25.4 Å². The lowest BCUT2D eigenvalue weighted by molar-refractivity contribution is -0.790. The van der Waals surface area contributed by atoms with Gasteiger partial charge in [0.2, 0.25) is 11.8 Å². The third-order valence-electron chi connectivity index (χ3n) is 6.83. The van der Waals surface area contributed by atoms with Gasteiger partial charge < -0.3 is 80.1 Å². The first-order chi connectivity index (χ1) is 33.3. The molecule has 0 saturated heterocycles. The molecule has 0 spiro atoms. The van der Waals surface area contributed by atoms with Crippen LogP contribution < -0.4 is 21.3 Å². The fraction of sp³-hybridized carbons (Fsp3) is 0.750. The minimum atomic E-state index is -1.19. The van der Waals surface area contributed by atoms with E-state index in [0.717, 1.165) is 0 Å². The van der Waals surface area contributed by atoms with Crippen molar-refractivity contribution >= 4 is 47.9 Å². The number of aliphatic carboxylic acids is 4. The average Bonchev–Trinajstić information content (AvgIpc) is 3.26. The fourth-order valence-electron chi connectivity index (χ4n) is 3.80. The van der Waals surface area contributed by atoms with Crippen LogP contribution in [0.5, 0.6) is 0 Å². The van der Waals surface area contributed by atoms with Crippen molar-refractivity contribution in [2.75, 3.05) is 72.5 Å². The zero-order valence-corrected chi connectivity index (χ0v) is 37.6. The van der Waals surface area contributed by atoms with Crippen LogP contribution in [0.25, 0.3) is 0 Å². The minimum Gasteiger partial charge on any atom is -0.480 e. The van der Waals surface area contributed by atoms with Crippen LogP contribution in [0.2, 0.25) is 0 Å². The maximum absolute atomic E-state index is 11.2. The number of hydrogen-bond donors (Lipinski definition) is 8. The standard InChI is InChI=1S/C9H15N3O9.C9H16N2O6.C7H12N2O8.C7H12N2O7/c13-8(10-5-9(14)15)4-2-1-3-7(21-12(18)19)6-20-11(16)17;1-7(9(13)14)10-8(12)5-3-2-4-6-17-11(15)16;10-6(11)5-8-7(12)16-3-1-15-2-4-17-9(13)14;10-6(11)5-8-7(12)15-3-1-2-4-16-9(13)14/h7H,1-6H2,(H,10,13)(H,14,15);7H,2-6H2,1H3,(H,10,12)(H,13,14);1-5H2,(H,8,12)(H,10,11);1-5H2,(H,8,12)(H,10,11). The van der Waals surface area contributed by atoms with Gasteiger partial charge in [-0.2, -0.15) is 0 Å². The molecule has 4 amide bonds. The van der Waals surface area contributed by atoms with Gasteiger partial charge >= 0.3 is 36.1 Å². The Morgan fingerprint density at radius 2 is 0.901 bits per heavy atom. The third-order valence-corrected chi connectivity index (χ3v) is 6.83. The van der Waals surface area contributed by atoms with Gasteiger partial charge in [-0.25, -0.2) is 9.59 Å². The molecule has 71 heavy (non-hydrogen) atoms. The first kappa shape index (κ1) is 68.9. The molecule has 0 aromatic carbocycles. The number of carboxylic acid groups (broad SMARTS) is 4. The van der Waals surface area contributed by atoms with E-state index in [-0.39, 0.29) is 71.4 Å². The predicted octanol–water partition coefficient (Wildman–Crippen LogP) is -1.31. The smallest absolute Gasteiger partial charge is 0.407 e. The van der Waals surface area contributed by atoms with Crippen LogP contribution in [0.15, 0.2) is 0 Å². The minimum absolute atomic E-state index is 0.0128. The van der Waals surface area contributed by atoms with E-state index in [9.17, 15) is 88.9 Å². The van der Waals surface area contributed by atoms with Gasteiger partial charge in [0.15, 0.2) is 0 Å².